The lowest BCUT2D eigenvalue weighted by Gasteiger charge is -2.24. The van der Waals surface area contributed by atoms with Gasteiger partial charge < -0.3 is 15.2 Å². The van der Waals surface area contributed by atoms with E-state index in [0.29, 0.717) is 12.1 Å². The monoisotopic (exact) mass is 464 g/mol. The maximum absolute atomic E-state index is 13.1. The van der Waals surface area contributed by atoms with E-state index in [0.717, 1.165) is 19.3 Å². The Hall–Kier alpha value is -2.92. The number of carbonyl (C=O) groups excluding carboxylic acids is 1. The molecule has 1 amide bonds. The standard InChI is InChI=1S/C21H28N4O6S/c1-5-12(2)24-32(29,30)17-11-15(22-19(26)14-7-6-8-14)9-10-16(17)31-20-13(3)18(21(27)28)23-25(20)4/h9-12,14,24H,5-8H2,1-4H3,(H,22,26)(H,27,28)/t12-/m0/s1. The first-order chi connectivity index (χ1) is 15.0. The predicted molar refractivity (Wildman–Crippen MR) is 117 cm³/mol. The smallest absolute Gasteiger partial charge is 0.356 e. The summed E-state index contributed by atoms with van der Waals surface area (Å²) in [5.74, 6) is -1.32. The number of aryl methyl sites for hydroxylation is 1. The fraction of sp³-hybridized carbons (Fsp3) is 0.476. The average Bonchev–Trinajstić information content (AvgIpc) is 2.95. The zero-order valence-electron chi connectivity index (χ0n) is 18.5. The van der Waals surface area contributed by atoms with E-state index in [-0.39, 0.29) is 45.6 Å². The van der Waals surface area contributed by atoms with E-state index in [2.05, 4.69) is 15.1 Å². The van der Waals surface area contributed by atoms with Gasteiger partial charge in [-0.25, -0.2) is 22.6 Å². The molecule has 1 aliphatic rings. The molecular weight excluding hydrogens is 436 g/mol. The molecule has 0 radical (unpaired) electrons. The summed E-state index contributed by atoms with van der Waals surface area (Å²) >= 11 is 0. The van der Waals surface area contributed by atoms with E-state index in [1.54, 1.807) is 13.0 Å². The molecule has 10 nitrogen and oxygen atoms in total. The second-order valence-electron chi connectivity index (χ2n) is 8.02. The van der Waals surface area contributed by atoms with Crippen LogP contribution in [-0.2, 0) is 21.9 Å². The molecule has 2 aromatic rings. The maximum Gasteiger partial charge on any atom is 0.356 e. The first kappa shape index (κ1) is 23.7. The van der Waals surface area contributed by atoms with Crippen molar-refractivity contribution in [2.24, 2.45) is 13.0 Å². The van der Waals surface area contributed by atoms with Crippen molar-refractivity contribution in [1.82, 2.24) is 14.5 Å². The minimum atomic E-state index is -4.00. The SMILES string of the molecule is CC[C@H](C)NS(=O)(=O)c1cc(NC(=O)C2CCC2)ccc1Oc1c(C)c(C(=O)O)nn1C. The molecule has 11 heteroatoms. The van der Waals surface area contributed by atoms with Crippen LogP contribution in [0.5, 0.6) is 11.6 Å². The molecular formula is C21H28N4O6S. The summed E-state index contributed by atoms with van der Waals surface area (Å²) in [6.07, 6.45) is 3.22. The van der Waals surface area contributed by atoms with Gasteiger partial charge in [0.05, 0.1) is 0 Å². The number of aromatic carboxylic acids is 1. The van der Waals surface area contributed by atoms with Gasteiger partial charge in [0, 0.05) is 30.3 Å². The van der Waals surface area contributed by atoms with E-state index in [1.165, 1.54) is 30.8 Å². The van der Waals surface area contributed by atoms with Gasteiger partial charge in [0.2, 0.25) is 21.8 Å². The van der Waals surface area contributed by atoms with E-state index < -0.39 is 16.0 Å². The summed E-state index contributed by atoms with van der Waals surface area (Å²) in [5, 5.41) is 16.0. The first-order valence-corrected chi connectivity index (χ1v) is 11.9. The van der Waals surface area contributed by atoms with Crippen molar-refractivity contribution >= 4 is 27.6 Å². The molecule has 1 heterocycles. The lowest BCUT2D eigenvalue weighted by Crippen LogP contribution is -2.32. The van der Waals surface area contributed by atoms with Crippen LogP contribution < -0.4 is 14.8 Å². The lowest BCUT2D eigenvalue weighted by atomic mass is 9.85. The number of nitrogens with zero attached hydrogens (tertiary/aromatic N) is 2. The van der Waals surface area contributed by atoms with Gasteiger partial charge in [-0.05, 0) is 51.3 Å². The molecule has 0 unspecified atom stereocenters. The Morgan fingerprint density at radius 3 is 2.56 bits per heavy atom. The van der Waals surface area contributed by atoms with Gasteiger partial charge in [0.15, 0.2) is 5.69 Å². The zero-order valence-corrected chi connectivity index (χ0v) is 19.3. The molecule has 1 saturated carbocycles. The number of nitrogens with one attached hydrogen (secondary N) is 2. The number of rotatable bonds is 9. The van der Waals surface area contributed by atoms with E-state index in [4.69, 9.17) is 4.74 Å². The molecule has 1 aliphatic carbocycles. The number of anilines is 1. The van der Waals surface area contributed by atoms with Crippen LogP contribution in [0.15, 0.2) is 23.1 Å². The van der Waals surface area contributed by atoms with Crippen LogP contribution in [0.1, 0.15) is 55.6 Å². The Bertz CT molecular complexity index is 1140. The number of hydrogen-bond donors (Lipinski definition) is 3. The molecule has 0 saturated heterocycles. The maximum atomic E-state index is 13.1. The van der Waals surface area contributed by atoms with Gasteiger partial charge in [-0.2, -0.15) is 5.10 Å². The minimum Gasteiger partial charge on any atom is -0.476 e. The van der Waals surface area contributed by atoms with Crippen LogP contribution in [0.2, 0.25) is 0 Å². The summed E-state index contributed by atoms with van der Waals surface area (Å²) in [6, 6.07) is 4.02. The van der Waals surface area contributed by atoms with Crippen molar-refractivity contribution in [3.63, 3.8) is 0 Å². The summed E-state index contributed by atoms with van der Waals surface area (Å²) in [7, 11) is -2.49. The molecule has 0 spiro atoms. The molecule has 1 aromatic carbocycles. The van der Waals surface area contributed by atoms with Crippen molar-refractivity contribution in [3.05, 3.63) is 29.5 Å². The largest absolute Gasteiger partial charge is 0.476 e. The Balaban J connectivity index is 2.01. The average molecular weight is 465 g/mol. The Kier molecular flexibility index (Phi) is 6.89. The number of hydrogen-bond acceptors (Lipinski definition) is 6. The molecule has 1 aromatic heterocycles. The van der Waals surface area contributed by atoms with Gasteiger partial charge in [0.25, 0.3) is 0 Å². The summed E-state index contributed by atoms with van der Waals surface area (Å²) < 4.78 is 35.9. The first-order valence-electron chi connectivity index (χ1n) is 10.5. The van der Waals surface area contributed by atoms with Crippen LogP contribution in [0.4, 0.5) is 5.69 Å². The molecule has 174 valence electrons. The summed E-state index contributed by atoms with van der Waals surface area (Å²) in [4.78, 5) is 23.5. The third kappa shape index (κ3) is 4.94. The van der Waals surface area contributed by atoms with Crippen LogP contribution in [0, 0.1) is 12.8 Å². The number of sulfonamides is 1. The highest BCUT2D eigenvalue weighted by Crippen LogP contribution is 2.34. The van der Waals surface area contributed by atoms with Crippen molar-refractivity contribution < 1.29 is 27.9 Å². The van der Waals surface area contributed by atoms with Crippen molar-refractivity contribution in [3.8, 4) is 11.6 Å². The minimum absolute atomic E-state index is 0.00881. The molecule has 3 N–H and O–H groups in total. The van der Waals surface area contributed by atoms with Gasteiger partial charge in [-0.1, -0.05) is 13.3 Å². The normalized spacial score (nSPS) is 15.1. The number of carboxylic acids is 1. The molecule has 32 heavy (non-hydrogen) atoms. The molecule has 1 atom stereocenters. The van der Waals surface area contributed by atoms with Gasteiger partial charge in [0.1, 0.15) is 10.6 Å². The van der Waals surface area contributed by atoms with Crippen molar-refractivity contribution in [1.29, 1.82) is 0 Å². The fourth-order valence-corrected chi connectivity index (χ4v) is 4.75. The van der Waals surface area contributed by atoms with Gasteiger partial charge >= 0.3 is 5.97 Å². The molecule has 1 fully saturated rings. The second-order valence-corrected chi connectivity index (χ2v) is 9.70. The highest BCUT2D eigenvalue weighted by Gasteiger charge is 2.28. The van der Waals surface area contributed by atoms with E-state index >= 15 is 0 Å². The lowest BCUT2D eigenvalue weighted by molar-refractivity contribution is -0.122. The zero-order chi connectivity index (χ0) is 23.6. The Labute approximate surface area is 187 Å². The number of benzene rings is 1. The van der Waals surface area contributed by atoms with Crippen LogP contribution >= 0.6 is 0 Å². The number of amides is 1. The molecule has 3 rings (SSSR count). The molecule has 0 bridgehead atoms. The van der Waals surface area contributed by atoms with Crippen molar-refractivity contribution in [2.75, 3.05) is 5.32 Å². The van der Waals surface area contributed by atoms with Gasteiger partial charge in [-0.15, -0.1) is 0 Å². The Morgan fingerprint density at radius 1 is 1.34 bits per heavy atom. The quantitative estimate of drug-likeness (QED) is 0.518. The third-order valence-corrected chi connectivity index (χ3v) is 7.19. The van der Waals surface area contributed by atoms with Crippen molar-refractivity contribution in [2.45, 2.75) is 57.4 Å². The van der Waals surface area contributed by atoms with Gasteiger partial charge in [-0.3, -0.25) is 4.79 Å². The number of ether oxygens (including phenoxy) is 1. The molecule has 0 aliphatic heterocycles. The van der Waals surface area contributed by atoms with E-state index in [1.807, 2.05) is 6.92 Å². The highest BCUT2D eigenvalue weighted by molar-refractivity contribution is 7.89. The summed E-state index contributed by atoms with van der Waals surface area (Å²) in [6.45, 7) is 5.13. The topological polar surface area (TPSA) is 140 Å². The fourth-order valence-electron chi connectivity index (χ4n) is 3.27. The van der Waals surface area contributed by atoms with Crippen LogP contribution in [0.25, 0.3) is 0 Å². The summed E-state index contributed by atoms with van der Waals surface area (Å²) in [5.41, 5.74) is 0.418. The Morgan fingerprint density at radius 2 is 2.03 bits per heavy atom. The number of carbonyl (C=O) groups is 2. The van der Waals surface area contributed by atoms with Crippen LogP contribution in [-0.4, -0.2) is 41.2 Å². The number of carboxylic acid groups (broad SMARTS) is 1. The highest BCUT2D eigenvalue weighted by atomic mass is 32.2. The van der Waals surface area contributed by atoms with E-state index in [9.17, 15) is 23.1 Å². The second kappa shape index (κ2) is 9.29. The third-order valence-electron chi connectivity index (χ3n) is 5.57. The van der Waals surface area contributed by atoms with Crippen LogP contribution in [0.3, 0.4) is 0 Å². The number of aromatic nitrogens is 2. The predicted octanol–water partition coefficient (Wildman–Crippen LogP) is 3.03.